The molecule has 1 aromatic rings. The van der Waals surface area contributed by atoms with E-state index in [1.54, 1.807) is 25.1 Å². The van der Waals surface area contributed by atoms with Gasteiger partial charge < -0.3 is 14.2 Å². The van der Waals surface area contributed by atoms with Crippen LogP contribution in [0.5, 0.6) is 11.5 Å². The lowest BCUT2D eigenvalue weighted by atomic mass is 10.2. The first kappa shape index (κ1) is 12.1. The monoisotopic (exact) mass is 221 g/mol. The highest BCUT2D eigenvalue weighted by Gasteiger charge is 2.10. The van der Waals surface area contributed by atoms with Crippen LogP contribution in [0.3, 0.4) is 0 Å². The van der Waals surface area contributed by atoms with Crippen LogP contribution in [0, 0.1) is 6.58 Å². The van der Waals surface area contributed by atoms with Gasteiger partial charge in [-0.1, -0.05) is 18.7 Å². The maximum Gasteiger partial charge on any atom is 0.513 e. The minimum absolute atomic E-state index is 0.260. The number of carbonyl (C=O) groups is 1. The lowest BCUT2D eigenvalue weighted by Gasteiger charge is -2.09. The van der Waals surface area contributed by atoms with E-state index in [4.69, 9.17) is 16.1 Å². The highest BCUT2D eigenvalue weighted by molar-refractivity contribution is 5.66. The van der Waals surface area contributed by atoms with E-state index in [0.29, 0.717) is 11.5 Å². The van der Waals surface area contributed by atoms with Crippen molar-refractivity contribution in [3.05, 3.63) is 30.3 Å². The van der Waals surface area contributed by atoms with E-state index in [9.17, 15) is 4.79 Å². The van der Waals surface area contributed by atoms with Gasteiger partial charge in [0, 0.05) is 0 Å². The van der Waals surface area contributed by atoms with Crippen molar-refractivity contribution >= 4 is 12.2 Å². The Morgan fingerprint density at radius 1 is 1.44 bits per heavy atom. The molecule has 16 heavy (non-hydrogen) atoms. The zero-order valence-corrected chi connectivity index (χ0v) is 9.23. The van der Waals surface area contributed by atoms with E-state index in [1.165, 1.54) is 13.2 Å². The Kier molecular flexibility index (Phi) is 4.39. The van der Waals surface area contributed by atoms with E-state index in [1.807, 2.05) is 0 Å². The maximum absolute atomic E-state index is 11.1. The SMILES string of the molecule is [CH]=Cc1ccc(OC(=O)OCC)c(OC)c1. The average Bonchev–Trinajstić information content (AvgIpc) is 2.30. The van der Waals surface area contributed by atoms with Crippen LogP contribution >= 0.6 is 0 Å². The molecular weight excluding hydrogens is 208 g/mol. The van der Waals surface area contributed by atoms with Crippen LogP contribution in [-0.4, -0.2) is 19.9 Å². The zero-order valence-electron chi connectivity index (χ0n) is 9.23. The normalized spacial score (nSPS) is 9.38. The van der Waals surface area contributed by atoms with Gasteiger partial charge in [0.15, 0.2) is 11.5 Å². The van der Waals surface area contributed by atoms with Crippen molar-refractivity contribution in [1.29, 1.82) is 0 Å². The fraction of sp³-hybridized carbons (Fsp3) is 0.250. The molecule has 0 N–H and O–H groups in total. The Labute approximate surface area is 94.4 Å². The Morgan fingerprint density at radius 3 is 2.75 bits per heavy atom. The quantitative estimate of drug-likeness (QED) is 0.579. The third-order valence-corrected chi connectivity index (χ3v) is 1.84. The molecule has 0 amide bonds. The molecule has 4 nitrogen and oxygen atoms in total. The van der Waals surface area contributed by atoms with Gasteiger partial charge in [-0.25, -0.2) is 4.79 Å². The second-order valence-electron chi connectivity index (χ2n) is 2.86. The first-order valence-electron chi connectivity index (χ1n) is 4.78. The van der Waals surface area contributed by atoms with Crippen LogP contribution in [-0.2, 0) is 4.74 Å². The van der Waals surface area contributed by atoms with Gasteiger partial charge in [0.25, 0.3) is 0 Å². The van der Waals surface area contributed by atoms with Crippen molar-refractivity contribution in [2.45, 2.75) is 6.92 Å². The molecule has 1 aromatic carbocycles. The minimum Gasteiger partial charge on any atom is -0.493 e. The zero-order chi connectivity index (χ0) is 12.0. The highest BCUT2D eigenvalue weighted by Crippen LogP contribution is 2.28. The van der Waals surface area contributed by atoms with Gasteiger partial charge in [-0.3, -0.25) is 0 Å². The van der Waals surface area contributed by atoms with E-state index >= 15 is 0 Å². The van der Waals surface area contributed by atoms with Crippen molar-refractivity contribution in [3.8, 4) is 11.5 Å². The first-order chi connectivity index (χ1) is 7.71. The molecule has 0 bridgehead atoms. The summed E-state index contributed by atoms with van der Waals surface area (Å²) in [5, 5.41) is 0. The van der Waals surface area contributed by atoms with E-state index < -0.39 is 6.16 Å². The average molecular weight is 221 g/mol. The highest BCUT2D eigenvalue weighted by atomic mass is 16.7. The molecule has 0 aliphatic rings. The summed E-state index contributed by atoms with van der Waals surface area (Å²) in [5.41, 5.74) is 0.771. The van der Waals surface area contributed by atoms with Crippen molar-refractivity contribution in [2.75, 3.05) is 13.7 Å². The lowest BCUT2D eigenvalue weighted by molar-refractivity contribution is 0.103. The largest absolute Gasteiger partial charge is 0.513 e. The summed E-state index contributed by atoms with van der Waals surface area (Å²) in [4.78, 5) is 11.1. The van der Waals surface area contributed by atoms with Crippen molar-refractivity contribution < 1.29 is 19.0 Å². The number of rotatable bonds is 4. The minimum atomic E-state index is -0.759. The molecule has 0 aliphatic heterocycles. The Balaban J connectivity index is 2.87. The Morgan fingerprint density at radius 2 is 2.19 bits per heavy atom. The molecule has 0 saturated heterocycles. The van der Waals surface area contributed by atoms with Crippen LogP contribution in [0.15, 0.2) is 18.2 Å². The fourth-order valence-corrected chi connectivity index (χ4v) is 1.11. The van der Waals surface area contributed by atoms with Crippen LogP contribution in [0.25, 0.3) is 6.08 Å². The molecule has 0 heterocycles. The van der Waals surface area contributed by atoms with E-state index in [2.05, 4.69) is 4.74 Å². The van der Waals surface area contributed by atoms with Crippen LogP contribution in [0.1, 0.15) is 12.5 Å². The second kappa shape index (κ2) is 5.80. The molecule has 0 aliphatic carbocycles. The summed E-state index contributed by atoms with van der Waals surface area (Å²) < 4.78 is 14.6. The molecule has 0 fully saturated rings. The number of hydrogen-bond donors (Lipinski definition) is 0. The summed E-state index contributed by atoms with van der Waals surface area (Å²) in [5.74, 6) is 0.721. The summed E-state index contributed by atoms with van der Waals surface area (Å²) in [6, 6.07) is 4.96. The molecule has 1 rings (SSSR count). The molecule has 0 aromatic heterocycles. The van der Waals surface area contributed by atoms with Gasteiger partial charge in [-0.05, 0) is 24.6 Å². The van der Waals surface area contributed by atoms with E-state index in [-0.39, 0.29) is 6.61 Å². The van der Waals surface area contributed by atoms with Crippen molar-refractivity contribution in [1.82, 2.24) is 0 Å². The number of methoxy groups -OCH3 is 1. The molecule has 0 unspecified atom stereocenters. The van der Waals surface area contributed by atoms with Crippen LogP contribution in [0.2, 0.25) is 0 Å². The Hall–Kier alpha value is -1.97. The summed E-state index contributed by atoms with van der Waals surface area (Å²) in [6.45, 7) is 7.32. The number of hydrogen-bond acceptors (Lipinski definition) is 4. The third-order valence-electron chi connectivity index (χ3n) is 1.84. The second-order valence-corrected chi connectivity index (χ2v) is 2.86. The van der Waals surface area contributed by atoms with Gasteiger partial charge in [0.2, 0.25) is 0 Å². The van der Waals surface area contributed by atoms with E-state index in [0.717, 1.165) is 5.56 Å². The third kappa shape index (κ3) is 3.02. The van der Waals surface area contributed by atoms with Gasteiger partial charge in [0.05, 0.1) is 13.7 Å². The maximum atomic E-state index is 11.1. The number of carbonyl (C=O) groups excluding carboxylic acids is 1. The topological polar surface area (TPSA) is 44.8 Å². The summed E-state index contributed by atoms with van der Waals surface area (Å²) in [7, 11) is 1.48. The van der Waals surface area contributed by atoms with Crippen molar-refractivity contribution in [3.63, 3.8) is 0 Å². The Bertz CT molecular complexity index is 385. The van der Waals surface area contributed by atoms with Gasteiger partial charge in [-0.2, -0.15) is 0 Å². The molecule has 4 heteroatoms. The fourth-order valence-electron chi connectivity index (χ4n) is 1.11. The predicted molar refractivity (Wildman–Crippen MR) is 59.4 cm³/mol. The lowest BCUT2D eigenvalue weighted by Crippen LogP contribution is -2.10. The summed E-state index contributed by atoms with van der Waals surface area (Å²) >= 11 is 0. The standard InChI is InChI=1S/C12H13O4/c1-4-9-6-7-10(11(8-9)14-3)16-12(13)15-5-2/h1,4,6-8H,5H2,2-3H3. The van der Waals surface area contributed by atoms with Crippen LogP contribution in [0.4, 0.5) is 4.79 Å². The molecule has 85 valence electrons. The van der Waals surface area contributed by atoms with Crippen molar-refractivity contribution in [2.24, 2.45) is 0 Å². The van der Waals surface area contributed by atoms with Gasteiger partial charge >= 0.3 is 6.16 Å². The molecular formula is C12H13O4. The first-order valence-corrected chi connectivity index (χ1v) is 4.78. The van der Waals surface area contributed by atoms with Gasteiger partial charge in [0.1, 0.15) is 0 Å². The molecule has 0 saturated carbocycles. The van der Waals surface area contributed by atoms with Crippen LogP contribution < -0.4 is 9.47 Å². The smallest absolute Gasteiger partial charge is 0.493 e. The number of ether oxygens (including phenoxy) is 3. The summed E-state index contributed by atoms with van der Waals surface area (Å²) in [6.07, 6.45) is 0.668. The molecule has 1 radical (unpaired) electrons. The molecule has 0 spiro atoms. The number of benzene rings is 1. The molecule has 0 atom stereocenters. The predicted octanol–water partition coefficient (Wildman–Crippen LogP) is 2.68. The van der Waals surface area contributed by atoms with Gasteiger partial charge in [-0.15, -0.1) is 0 Å².